The van der Waals surface area contributed by atoms with Gasteiger partial charge in [0.1, 0.15) is 0 Å². The van der Waals surface area contributed by atoms with Crippen LogP contribution in [0.3, 0.4) is 0 Å². The van der Waals surface area contributed by atoms with Gasteiger partial charge in [-0.3, -0.25) is 0 Å². The molecule has 2 atom stereocenters. The summed E-state index contributed by atoms with van der Waals surface area (Å²) in [5, 5.41) is 3.31. The average Bonchev–Trinajstić information content (AvgIpc) is 2.80. The SMILES string of the molecule is CNCC1CCN(CCCN2CCCCC2C)C1. The highest BCUT2D eigenvalue weighted by molar-refractivity contribution is 4.78. The van der Waals surface area contributed by atoms with E-state index in [9.17, 15) is 0 Å². The fraction of sp³-hybridized carbons (Fsp3) is 1.00. The molecule has 18 heavy (non-hydrogen) atoms. The van der Waals surface area contributed by atoms with Gasteiger partial charge < -0.3 is 15.1 Å². The van der Waals surface area contributed by atoms with Crippen molar-refractivity contribution in [3.63, 3.8) is 0 Å². The monoisotopic (exact) mass is 253 g/mol. The Balaban J connectivity index is 1.58. The molecule has 0 aromatic heterocycles. The van der Waals surface area contributed by atoms with Gasteiger partial charge in [0.15, 0.2) is 0 Å². The van der Waals surface area contributed by atoms with Crippen molar-refractivity contribution >= 4 is 0 Å². The van der Waals surface area contributed by atoms with E-state index in [1.54, 1.807) is 0 Å². The molecule has 0 aliphatic carbocycles. The van der Waals surface area contributed by atoms with Crippen LogP contribution in [0.15, 0.2) is 0 Å². The summed E-state index contributed by atoms with van der Waals surface area (Å²) in [5.74, 6) is 0.893. The Bertz CT molecular complexity index is 232. The highest BCUT2D eigenvalue weighted by Crippen LogP contribution is 2.18. The fourth-order valence-electron chi connectivity index (χ4n) is 3.56. The molecule has 2 unspecified atom stereocenters. The first kappa shape index (κ1) is 14.3. The first-order valence-corrected chi connectivity index (χ1v) is 7.90. The molecule has 0 aromatic rings. The Hall–Kier alpha value is -0.120. The summed E-state index contributed by atoms with van der Waals surface area (Å²) >= 11 is 0. The minimum absolute atomic E-state index is 0.828. The quantitative estimate of drug-likeness (QED) is 0.778. The second-order valence-electron chi connectivity index (χ2n) is 6.25. The molecule has 106 valence electrons. The molecule has 2 fully saturated rings. The third-order valence-corrected chi connectivity index (χ3v) is 4.72. The Morgan fingerprint density at radius 1 is 1.11 bits per heavy atom. The number of nitrogens with one attached hydrogen (secondary N) is 1. The lowest BCUT2D eigenvalue weighted by Gasteiger charge is -2.33. The number of hydrogen-bond donors (Lipinski definition) is 1. The molecule has 2 aliphatic heterocycles. The lowest BCUT2D eigenvalue weighted by atomic mass is 10.0. The Morgan fingerprint density at radius 2 is 2.00 bits per heavy atom. The summed E-state index contributed by atoms with van der Waals surface area (Å²) in [6, 6.07) is 0.828. The number of hydrogen-bond acceptors (Lipinski definition) is 3. The number of piperidine rings is 1. The highest BCUT2D eigenvalue weighted by atomic mass is 15.2. The standard InChI is InChI=1S/C15H31N3/c1-14-6-3-4-9-18(14)10-5-8-17-11-7-15(13-17)12-16-2/h14-16H,3-13H2,1-2H3. The summed E-state index contributed by atoms with van der Waals surface area (Å²) in [4.78, 5) is 5.36. The number of nitrogens with zero attached hydrogens (tertiary/aromatic N) is 2. The molecule has 0 saturated carbocycles. The van der Waals surface area contributed by atoms with Gasteiger partial charge in [0.2, 0.25) is 0 Å². The zero-order chi connectivity index (χ0) is 12.8. The molecule has 2 rings (SSSR count). The maximum atomic E-state index is 3.31. The second-order valence-corrected chi connectivity index (χ2v) is 6.25. The van der Waals surface area contributed by atoms with Gasteiger partial charge in [-0.2, -0.15) is 0 Å². The predicted octanol–water partition coefficient (Wildman–Crippen LogP) is 1.79. The molecule has 2 heterocycles. The molecule has 0 spiro atoms. The Kier molecular flexibility index (Phi) is 5.93. The lowest BCUT2D eigenvalue weighted by molar-refractivity contribution is 0.152. The van der Waals surface area contributed by atoms with Crippen LogP contribution in [0.2, 0.25) is 0 Å². The van der Waals surface area contributed by atoms with Crippen LogP contribution in [0.25, 0.3) is 0 Å². The van der Waals surface area contributed by atoms with Crippen LogP contribution in [0, 0.1) is 5.92 Å². The molecule has 1 N–H and O–H groups in total. The average molecular weight is 253 g/mol. The van der Waals surface area contributed by atoms with E-state index in [1.165, 1.54) is 71.4 Å². The maximum Gasteiger partial charge on any atom is 0.00669 e. The van der Waals surface area contributed by atoms with Gasteiger partial charge in [-0.15, -0.1) is 0 Å². The minimum Gasteiger partial charge on any atom is -0.319 e. The largest absolute Gasteiger partial charge is 0.319 e. The third-order valence-electron chi connectivity index (χ3n) is 4.72. The summed E-state index contributed by atoms with van der Waals surface area (Å²) in [5.41, 5.74) is 0. The number of rotatable bonds is 6. The molecule has 0 aromatic carbocycles. The molecule has 0 amide bonds. The van der Waals surface area contributed by atoms with E-state index in [0.717, 1.165) is 12.0 Å². The number of likely N-dealkylation sites (tertiary alicyclic amines) is 2. The minimum atomic E-state index is 0.828. The van der Waals surface area contributed by atoms with E-state index >= 15 is 0 Å². The summed E-state index contributed by atoms with van der Waals surface area (Å²) in [6.07, 6.45) is 7.01. The normalized spacial score (nSPS) is 31.0. The fourth-order valence-corrected chi connectivity index (χ4v) is 3.56. The van der Waals surface area contributed by atoms with Crippen molar-refractivity contribution in [2.24, 2.45) is 5.92 Å². The van der Waals surface area contributed by atoms with Crippen LogP contribution in [-0.2, 0) is 0 Å². The molecule has 3 heteroatoms. The Labute approximate surface area is 113 Å². The van der Waals surface area contributed by atoms with Gasteiger partial charge in [-0.05, 0) is 78.3 Å². The van der Waals surface area contributed by atoms with Crippen LogP contribution < -0.4 is 5.32 Å². The van der Waals surface area contributed by atoms with E-state index in [0.29, 0.717) is 0 Å². The first-order chi connectivity index (χ1) is 8.79. The van der Waals surface area contributed by atoms with E-state index in [-0.39, 0.29) is 0 Å². The molecule has 2 aliphatic rings. The summed E-state index contributed by atoms with van der Waals surface area (Å²) in [6.45, 7) is 10.2. The highest BCUT2D eigenvalue weighted by Gasteiger charge is 2.22. The molecular formula is C15H31N3. The van der Waals surface area contributed by atoms with Crippen LogP contribution in [0.5, 0.6) is 0 Å². The van der Waals surface area contributed by atoms with Gasteiger partial charge in [0.05, 0.1) is 0 Å². The van der Waals surface area contributed by atoms with Gasteiger partial charge in [-0.1, -0.05) is 6.42 Å². The third kappa shape index (κ3) is 4.22. The first-order valence-electron chi connectivity index (χ1n) is 7.90. The van der Waals surface area contributed by atoms with Crippen molar-refractivity contribution in [1.82, 2.24) is 15.1 Å². The van der Waals surface area contributed by atoms with Gasteiger partial charge in [0, 0.05) is 12.6 Å². The second kappa shape index (κ2) is 7.46. The zero-order valence-electron chi connectivity index (χ0n) is 12.3. The van der Waals surface area contributed by atoms with E-state index in [4.69, 9.17) is 0 Å². The van der Waals surface area contributed by atoms with Crippen LogP contribution >= 0.6 is 0 Å². The van der Waals surface area contributed by atoms with Crippen molar-refractivity contribution in [2.45, 2.75) is 45.1 Å². The van der Waals surface area contributed by atoms with Crippen LogP contribution in [0.4, 0.5) is 0 Å². The van der Waals surface area contributed by atoms with E-state index in [2.05, 4.69) is 29.1 Å². The Morgan fingerprint density at radius 3 is 2.78 bits per heavy atom. The molecule has 2 saturated heterocycles. The zero-order valence-corrected chi connectivity index (χ0v) is 12.3. The van der Waals surface area contributed by atoms with Gasteiger partial charge >= 0.3 is 0 Å². The van der Waals surface area contributed by atoms with Crippen molar-refractivity contribution < 1.29 is 0 Å². The van der Waals surface area contributed by atoms with Crippen molar-refractivity contribution in [3.05, 3.63) is 0 Å². The molecule has 0 radical (unpaired) electrons. The summed E-state index contributed by atoms with van der Waals surface area (Å²) in [7, 11) is 2.07. The van der Waals surface area contributed by atoms with Crippen molar-refractivity contribution in [3.8, 4) is 0 Å². The van der Waals surface area contributed by atoms with Crippen LogP contribution in [-0.4, -0.2) is 62.2 Å². The van der Waals surface area contributed by atoms with E-state index < -0.39 is 0 Å². The lowest BCUT2D eigenvalue weighted by Crippen LogP contribution is -2.39. The predicted molar refractivity (Wildman–Crippen MR) is 78.0 cm³/mol. The summed E-state index contributed by atoms with van der Waals surface area (Å²) < 4.78 is 0. The molecular weight excluding hydrogens is 222 g/mol. The topological polar surface area (TPSA) is 18.5 Å². The van der Waals surface area contributed by atoms with Crippen LogP contribution in [0.1, 0.15) is 39.0 Å². The molecule has 0 bridgehead atoms. The van der Waals surface area contributed by atoms with Gasteiger partial charge in [-0.25, -0.2) is 0 Å². The van der Waals surface area contributed by atoms with Gasteiger partial charge in [0.25, 0.3) is 0 Å². The van der Waals surface area contributed by atoms with Crippen molar-refractivity contribution in [2.75, 3.05) is 46.3 Å². The molecule has 3 nitrogen and oxygen atoms in total. The van der Waals surface area contributed by atoms with Crippen molar-refractivity contribution in [1.29, 1.82) is 0 Å². The maximum absolute atomic E-state index is 3.31. The van der Waals surface area contributed by atoms with E-state index in [1.807, 2.05) is 0 Å². The smallest absolute Gasteiger partial charge is 0.00669 e.